The lowest BCUT2D eigenvalue weighted by atomic mass is 10.0. The zero-order chi connectivity index (χ0) is 14.9. The molecule has 0 aromatic carbocycles. The van der Waals surface area contributed by atoms with Crippen LogP contribution in [0.15, 0.2) is 0 Å². The average Bonchev–Trinajstić information content (AvgIpc) is 2.36. The second kappa shape index (κ2) is 5.56. The zero-order valence-electron chi connectivity index (χ0n) is 13.4. The molecule has 1 aliphatic heterocycles. The van der Waals surface area contributed by atoms with Crippen LogP contribution in [0.4, 0.5) is 11.6 Å². The van der Waals surface area contributed by atoms with Gasteiger partial charge >= 0.3 is 0 Å². The van der Waals surface area contributed by atoms with Crippen molar-refractivity contribution in [2.75, 3.05) is 30.4 Å². The minimum absolute atomic E-state index is 0.152. The quantitative estimate of drug-likeness (QED) is 0.920. The molecule has 2 heterocycles. The Morgan fingerprint density at radius 3 is 2.65 bits per heavy atom. The van der Waals surface area contributed by atoms with Crippen LogP contribution in [-0.2, 0) is 11.2 Å². The molecular formula is C15H26N4O. The van der Waals surface area contributed by atoms with Crippen molar-refractivity contribution in [2.24, 2.45) is 0 Å². The van der Waals surface area contributed by atoms with Crippen molar-refractivity contribution in [1.29, 1.82) is 0 Å². The number of aromatic nitrogens is 2. The van der Waals surface area contributed by atoms with E-state index in [2.05, 4.69) is 49.8 Å². The molecule has 0 spiro atoms. The van der Waals surface area contributed by atoms with Gasteiger partial charge in [0.1, 0.15) is 17.5 Å². The van der Waals surface area contributed by atoms with E-state index in [9.17, 15) is 0 Å². The van der Waals surface area contributed by atoms with E-state index in [0.717, 1.165) is 42.5 Å². The molecule has 5 heteroatoms. The third kappa shape index (κ3) is 3.03. The van der Waals surface area contributed by atoms with Crippen LogP contribution < -0.4 is 10.2 Å². The first-order valence-electron chi connectivity index (χ1n) is 7.34. The van der Waals surface area contributed by atoms with Gasteiger partial charge in [-0.15, -0.1) is 0 Å². The van der Waals surface area contributed by atoms with Gasteiger partial charge in [0.15, 0.2) is 0 Å². The molecule has 0 amide bonds. The molecule has 1 aromatic heterocycles. The van der Waals surface area contributed by atoms with Crippen molar-refractivity contribution in [1.82, 2.24) is 9.97 Å². The van der Waals surface area contributed by atoms with Crippen LogP contribution in [0.5, 0.6) is 0 Å². The van der Waals surface area contributed by atoms with Crippen LogP contribution in [0.1, 0.15) is 39.1 Å². The highest BCUT2D eigenvalue weighted by Crippen LogP contribution is 2.29. The first kappa shape index (κ1) is 15.0. The lowest BCUT2D eigenvalue weighted by Crippen LogP contribution is -2.52. The van der Waals surface area contributed by atoms with Crippen molar-refractivity contribution in [3.63, 3.8) is 0 Å². The number of hydrogen-bond donors (Lipinski definition) is 1. The molecule has 5 nitrogen and oxygen atoms in total. The van der Waals surface area contributed by atoms with Gasteiger partial charge < -0.3 is 15.0 Å². The van der Waals surface area contributed by atoms with Crippen molar-refractivity contribution >= 4 is 11.6 Å². The van der Waals surface area contributed by atoms with E-state index in [0.29, 0.717) is 0 Å². The Hall–Kier alpha value is -1.36. The second-order valence-corrected chi connectivity index (χ2v) is 6.11. The van der Waals surface area contributed by atoms with Crippen LogP contribution >= 0.6 is 0 Å². The summed E-state index contributed by atoms with van der Waals surface area (Å²) in [5.74, 6) is 2.83. The van der Waals surface area contributed by atoms with Crippen molar-refractivity contribution in [3.05, 3.63) is 11.4 Å². The lowest BCUT2D eigenvalue weighted by molar-refractivity contribution is -0.0752. The zero-order valence-corrected chi connectivity index (χ0v) is 13.4. The summed E-state index contributed by atoms with van der Waals surface area (Å²) >= 11 is 0. The van der Waals surface area contributed by atoms with E-state index >= 15 is 0 Å². The van der Waals surface area contributed by atoms with E-state index in [1.54, 1.807) is 0 Å². The van der Waals surface area contributed by atoms with Crippen LogP contribution in [-0.4, -0.2) is 41.8 Å². The minimum Gasteiger partial charge on any atom is -0.373 e. The largest absolute Gasteiger partial charge is 0.373 e. The molecule has 1 fully saturated rings. The van der Waals surface area contributed by atoms with Crippen LogP contribution in [0, 0.1) is 6.92 Å². The van der Waals surface area contributed by atoms with E-state index in [1.165, 1.54) is 0 Å². The van der Waals surface area contributed by atoms with Gasteiger partial charge in [-0.1, -0.05) is 6.92 Å². The number of hydrogen-bond acceptors (Lipinski definition) is 5. The van der Waals surface area contributed by atoms with E-state index in [1.807, 2.05) is 7.05 Å². The predicted octanol–water partition coefficient (Wildman–Crippen LogP) is 2.39. The van der Waals surface area contributed by atoms with Gasteiger partial charge in [-0.05, 0) is 27.7 Å². The molecule has 0 saturated carbocycles. The van der Waals surface area contributed by atoms with Gasteiger partial charge in [0.25, 0.3) is 0 Å². The van der Waals surface area contributed by atoms with Crippen LogP contribution in [0.25, 0.3) is 0 Å². The Bertz CT molecular complexity index is 487. The predicted molar refractivity (Wildman–Crippen MR) is 82.5 cm³/mol. The molecule has 1 atom stereocenters. The van der Waals surface area contributed by atoms with E-state index in [4.69, 9.17) is 9.72 Å². The van der Waals surface area contributed by atoms with Crippen LogP contribution in [0.3, 0.4) is 0 Å². The number of morpholine rings is 1. The van der Waals surface area contributed by atoms with Gasteiger partial charge in [-0.25, -0.2) is 9.97 Å². The van der Waals surface area contributed by atoms with E-state index in [-0.39, 0.29) is 11.7 Å². The first-order valence-corrected chi connectivity index (χ1v) is 7.34. The van der Waals surface area contributed by atoms with Gasteiger partial charge in [-0.3, -0.25) is 0 Å². The van der Waals surface area contributed by atoms with Gasteiger partial charge in [-0.2, -0.15) is 0 Å². The summed E-state index contributed by atoms with van der Waals surface area (Å²) in [7, 11) is 1.91. The van der Waals surface area contributed by atoms with Gasteiger partial charge in [0.05, 0.1) is 11.7 Å². The van der Waals surface area contributed by atoms with Crippen molar-refractivity contribution in [3.8, 4) is 0 Å². The minimum atomic E-state index is -0.152. The number of aryl methyl sites for hydroxylation is 1. The monoisotopic (exact) mass is 278 g/mol. The molecule has 1 unspecified atom stereocenters. The van der Waals surface area contributed by atoms with Gasteiger partial charge in [0, 0.05) is 32.1 Å². The molecule has 2 rings (SSSR count). The number of nitrogens with one attached hydrogen (secondary N) is 1. The average molecular weight is 278 g/mol. The number of anilines is 2. The Morgan fingerprint density at radius 2 is 2.10 bits per heavy atom. The summed E-state index contributed by atoms with van der Waals surface area (Å²) in [5.41, 5.74) is 0.955. The van der Waals surface area contributed by atoms with Crippen LogP contribution in [0.2, 0.25) is 0 Å². The Kier molecular flexibility index (Phi) is 4.18. The fourth-order valence-electron chi connectivity index (χ4n) is 2.87. The van der Waals surface area contributed by atoms with Crippen molar-refractivity contribution in [2.45, 2.75) is 52.7 Å². The highest BCUT2D eigenvalue weighted by molar-refractivity contribution is 5.59. The second-order valence-electron chi connectivity index (χ2n) is 6.11. The summed E-state index contributed by atoms with van der Waals surface area (Å²) < 4.78 is 5.98. The molecule has 1 N–H and O–H groups in total. The molecule has 1 saturated heterocycles. The summed E-state index contributed by atoms with van der Waals surface area (Å²) in [5, 5.41) is 3.17. The molecule has 1 aliphatic rings. The maximum Gasteiger partial charge on any atom is 0.137 e. The Balaban J connectivity index is 2.40. The fraction of sp³-hybridized carbons (Fsp3) is 0.733. The maximum absolute atomic E-state index is 5.98. The summed E-state index contributed by atoms with van der Waals surface area (Å²) in [6, 6.07) is 0. The summed E-state index contributed by atoms with van der Waals surface area (Å²) in [4.78, 5) is 11.6. The topological polar surface area (TPSA) is 50.3 Å². The molecule has 0 aliphatic carbocycles. The normalized spacial score (nSPS) is 21.9. The first-order chi connectivity index (χ1) is 9.36. The summed E-state index contributed by atoms with van der Waals surface area (Å²) in [6.07, 6.45) is 1.04. The number of nitrogens with zero attached hydrogens (tertiary/aromatic N) is 3. The number of rotatable bonds is 3. The number of ether oxygens (including phenoxy) is 1. The standard InChI is InChI=1S/C15H26N4O/c1-7-12-17-13(16-6)11(3)14(18-12)19-8-10(2)20-15(4,5)9-19/h10H,7-9H2,1-6H3,(H,16,17,18). The lowest BCUT2D eigenvalue weighted by Gasteiger charge is -2.42. The highest BCUT2D eigenvalue weighted by atomic mass is 16.5. The Morgan fingerprint density at radius 1 is 1.40 bits per heavy atom. The molecule has 20 heavy (non-hydrogen) atoms. The molecule has 1 aromatic rings. The highest BCUT2D eigenvalue weighted by Gasteiger charge is 2.33. The molecule has 0 radical (unpaired) electrons. The maximum atomic E-state index is 5.98. The summed E-state index contributed by atoms with van der Waals surface area (Å²) in [6.45, 7) is 12.3. The third-order valence-electron chi connectivity index (χ3n) is 3.59. The van der Waals surface area contributed by atoms with E-state index < -0.39 is 0 Å². The smallest absolute Gasteiger partial charge is 0.137 e. The SMILES string of the molecule is CCc1nc(NC)c(C)c(N2CC(C)OC(C)(C)C2)n1. The fourth-order valence-corrected chi connectivity index (χ4v) is 2.87. The van der Waals surface area contributed by atoms with Crippen molar-refractivity contribution < 1.29 is 4.74 Å². The molecular weight excluding hydrogens is 252 g/mol. The molecule has 112 valence electrons. The van der Waals surface area contributed by atoms with Gasteiger partial charge in [0.2, 0.25) is 0 Å². The third-order valence-corrected chi connectivity index (χ3v) is 3.59. The molecule has 0 bridgehead atoms. The Labute approximate surface area is 121 Å².